The van der Waals surface area contributed by atoms with Crippen molar-refractivity contribution in [3.05, 3.63) is 53.1 Å². The van der Waals surface area contributed by atoms with Gasteiger partial charge in [0.2, 0.25) is 0 Å². The number of halogens is 1. The highest BCUT2D eigenvalue weighted by Gasteiger charge is 2.21. The average molecular weight is 395 g/mol. The number of likely N-dealkylation sites (tertiary alicyclic amines) is 1. The van der Waals surface area contributed by atoms with Crippen molar-refractivity contribution < 1.29 is 17.9 Å². The number of hydrogen-bond acceptors (Lipinski definition) is 4. The standard InChI is InChI=1S/C18H19ClN2O4S/c1-25-17-9-6-14(12-16(17)19)20-26(23,24)15-7-4-13(5-8-15)18(22)21-10-2-3-11-21/h4-9,12,20H,2-3,10-11H2,1H3. The van der Waals surface area contributed by atoms with E-state index in [0.29, 0.717) is 22.0 Å². The van der Waals surface area contributed by atoms with Gasteiger partial charge in [-0.05, 0) is 55.3 Å². The lowest BCUT2D eigenvalue weighted by Gasteiger charge is -2.15. The largest absolute Gasteiger partial charge is 0.495 e. The van der Waals surface area contributed by atoms with Crippen LogP contribution in [-0.2, 0) is 10.0 Å². The van der Waals surface area contributed by atoms with Crippen LogP contribution >= 0.6 is 11.6 Å². The molecule has 0 saturated carbocycles. The van der Waals surface area contributed by atoms with Gasteiger partial charge in [0.1, 0.15) is 5.75 Å². The molecule has 0 spiro atoms. The molecule has 0 aliphatic carbocycles. The smallest absolute Gasteiger partial charge is 0.261 e. The highest BCUT2D eigenvalue weighted by Crippen LogP contribution is 2.28. The number of nitrogens with one attached hydrogen (secondary N) is 1. The molecule has 0 atom stereocenters. The average Bonchev–Trinajstić information content (AvgIpc) is 3.16. The van der Waals surface area contributed by atoms with Gasteiger partial charge in [-0.15, -0.1) is 0 Å². The summed E-state index contributed by atoms with van der Waals surface area (Å²) in [6.45, 7) is 1.50. The normalized spacial score (nSPS) is 14.3. The number of ether oxygens (including phenoxy) is 1. The second-order valence-corrected chi connectivity index (χ2v) is 8.07. The van der Waals surface area contributed by atoms with Gasteiger partial charge in [0.15, 0.2) is 0 Å². The zero-order valence-electron chi connectivity index (χ0n) is 14.2. The fraction of sp³-hybridized carbons (Fsp3) is 0.278. The van der Waals surface area contributed by atoms with Crippen LogP contribution in [0.4, 0.5) is 5.69 Å². The van der Waals surface area contributed by atoms with Gasteiger partial charge in [-0.25, -0.2) is 8.42 Å². The lowest BCUT2D eigenvalue weighted by Crippen LogP contribution is -2.27. The highest BCUT2D eigenvalue weighted by molar-refractivity contribution is 7.92. The molecule has 1 heterocycles. The Bertz CT molecular complexity index is 907. The van der Waals surface area contributed by atoms with Crippen LogP contribution in [-0.4, -0.2) is 39.4 Å². The van der Waals surface area contributed by atoms with E-state index in [4.69, 9.17) is 16.3 Å². The third kappa shape index (κ3) is 3.94. The molecule has 6 nitrogen and oxygen atoms in total. The monoisotopic (exact) mass is 394 g/mol. The topological polar surface area (TPSA) is 75.7 Å². The Labute approximate surface area is 157 Å². The van der Waals surface area contributed by atoms with E-state index in [1.165, 1.54) is 37.4 Å². The zero-order valence-corrected chi connectivity index (χ0v) is 15.8. The Hall–Kier alpha value is -2.25. The summed E-state index contributed by atoms with van der Waals surface area (Å²) in [5, 5.41) is 0.305. The van der Waals surface area contributed by atoms with Gasteiger partial charge in [0.25, 0.3) is 15.9 Å². The van der Waals surface area contributed by atoms with Crippen molar-refractivity contribution in [1.82, 2.24) is 4.90 Å². The summed E-state index contributed by atoms with van der Waals surface area (Å²) in [7, 11) is -2.30. The van der Waals surface area contributed by atoms with Crippen molar-refractivity contribution in [2.45, 2.75) is 17.7 Å². The molecule has 0 bridgehead atoms. The minimum Gasteiger partial charge on any atom is -0.495 e. The molecule has 0 aromatic heterocycles. The number of benzene rings is 2. The number of carbonyl (C=O) groups excluding carboxylic acids is 1. The fourth-order valence-corrected chi connectivity index (χ4v) is 4.13. The Morgan fingerprint density at radius 2 is 1.77 bits per heavy atom. The molecule has 0 radical (unpaired) electrons. The Balaban J connectivity index is 1.77. The lowest BCUT2D eigenvalue weighted by molar-refractivity contribution is 0.0792. The van der Waals surface area contributed by atoms with E-state index in [0.717, 1.165) is 25.9 Å². The Morgan fingerprint density at radius 3 is 2.35 bits per heavy atom. The SMILES string of the molecule is COc1ccc(NS(=O)(=O)c2ccc(C(=O)N3CCCC3)cc2)cc1Cl. The summed E-state index contributed by atoms with van der Waals surface area (Å²) >= 11 is 6.02. The molecule has 1 aliphatic heterocycles. The Kier molecular flexibility index (Phi) is 5.38. The molecule has 1 N–H and O–H groups in total. The van der Waals surface area contributed by atoms with Crippen LogP contribution in [0.1, 0.15) is 23.2 Å². The van der Waals surface area contributed by atoms with Gasteiger partial charge in [-0.1, -0.05) is 11.6 Å². The predicted octanol–water partition coefficient (Wildman–Crippen LogP) is 3.39. The minimum atomic E-state index is -3.79. The number of sulfonamides is 1. The van der Waals surface area contributed by atoms with Crippen LogP contribution in [0.5, 0.6) is 5.75 Å². The molecule has 1 aliphatic rings. The highest BCUT2D eigenvalue weighted by atomic mass is 35.5. The predicted molar refractivity (Wildman–Crippen MR) is 100 cm³/mol. The van der Waals surface area contributed by atoms with Gasteiger partial charge in [0, 0.05) is 18.7 Å². The van der Waals surface area contributed by atoms with Crippen LogP contribution in [0, 0.1) is 0 Å². The van der Waals surface area contributed by atoms with Gasteiger partial charge >= 0.3 is 0 Å². The van der Waals surface area contributed by atoms with Crippen molar-refractivity contribution in [3.63, 3.8) is 0 Å². The number of carbonyl (C=O) groups is 1. The first kappa shape index (κ1) is 18.5. The third-order valence-corrected chi connectivity index (χ3v) is 5.90. The first-order valence-electron chi connectivity index (χ1n) is 8.16. The number of amides is 1. The zero-order chi connectivity index (χ0) is 18.7. The number of methoxy groups -OCH3 is 1. The molecule has 138 valence electrons. The summed E-state index contributed by atoms with van der Waals surface area (Å²) in [5.74, 6) is 0.390. The van der Waals surface area contributed by atoms with E-state index >= 15 is 0 Å². The van der Waals surface area contributed by atoms with Crippen molar-refractivity contribution >= 4 is 33.2 Å². The second kappa shape index (κ2) is 7.55. The number of nitrogens with zero attached hydrogens (tertiary/aromatic N) is 1. The molecular formula is C18H19ClN2O4S. The number of rotatable bonds is 5. The quantitative estimate of drug-likeness (QED) is 0.843. The van der Waals surface area contributed by atoms with Gasteiger partial charge in [-0.2, -0.15) is 0 Å². The lowest BCUT2D eigenvalue weighted by atomic mass is 10.2. The van der Waals surface area contributed by atoms with Gasteiger partial charge in [-0.3, -0.25) is 9.52 Å². The summed E-state index contributed by atoms with van der Waals surface area (Å²) in [6, 6.07) is 10.6. The molecule has 2 aromatic carbocycles. The van der Waals surface area contributed by atoms with Crippen LogP contribution in [0.3, 0.4) is 0 Å². The summed E-state index contributed by atoms with van der Waals surface area (Å²) < 4.78 is 32.6. The van der Waals surface area contributed by atoms with Crippen LogP contribution in [0.25, 0.3) is 0 Å². The maximum absolute atomic E-state index is 12.5. The van der Waals surface area contributed by atoms with E-state index in [2.05, 4.69) is 4.72 Å². The van der Waals surface area contributed by atoms with Crippen molar-refractivity contribution in [3.8, 4) is 5.75 Å². The summed E-state index contributed by atoms with van der Waals surface area (Å²) in [4.78, 5) is 14.2. The number of anilines is 1. The molecule has 1 saturated heterocycles. The first-order valence-corrected chi connectivity index (χ1v) is 10.0. The van der Waals surface area contributed by atoms with E-state index in [-0.39, 0.29) is 10.8 Å². The molecule has 0 unspecified atom stereocenters. The van der Waals surface area contributed by atoms with E-state index < -0.39 is 10.0 Å². The van der Waals surface area contributed by atoms with Crippen molar-refractivity contribution in [2.24, 2.45) is 0 Å². The molecule has 1 fully saturated rings. The van der Waals surface area contributed by atoms with E-state index in [9.17, 15) is 13.2 Å². The van der Waals surface area contributed by atoms with Crippen LogP contribution < -0.4 is 9.46 Å². The minimum absolute atomic E-state index is 0.0682. The van der Waals surface area contributed by atoms with Crippen molar-refractivity contribution in [1.29, 1.82) is 0 Å². The Morgan fingerprint density at radius 1 is 1.12 bits per heavy atom. The molecule has 2 aromatic rings. The molecule has 1 amide bonds. The van der Waals surface area contributed by atoms with Crippen LogP contribution in [0.2, 0.25) is 5.02 Å². The number of hydrogen-bond donors (Lipinski definition) is 1. The fourth-order valence-electron chi connectivity index (χ4n) is 2.82. The third-order valence-electron chi connectivity index (χ3n) is 4.21. The van der Waals surface area contributed by atoms with Gasteiger partial charge in [0.05, 0.1) is 22.7 Å². The molecule has 8 heteroatoms. The molecule has 26 heavy (non-hydrogen) atoms. The maximum Gasteiger partial charge on any atom is 0.261 e. The summed E-state index contributed by atoms with van der Waals surface area (Å²) in [6.07, 6.45) is 2.01. The molecular weight excluding hydrogens is 376 g/mol. The van der Waals surface area contributed by atoms with E-state index in [1.54, 1.807) is 17.0 Å². The van der Waals surface area contributed by atoms with Crippen molar-refractivity contribution in [2.75, 3.05) is 24.9 Å². The summed E-state index contributed by atoms with van der Waals surface area (Å²) in [5.41, 5.74) is 0.811. The van der Waals surface area contributed by atoms with Crippen LogP contribution in [0.15, 0.2) is 47.4 Å². The molecule has 3 rings (SSSR count). The van der Waals surface area contributed by atoms with Gasteiger partial charge < -0.3 is 9.64 Å². The first-order chi connectivity index (χ1) is 12.4. The van der Waals surface area contributed by atoms with E-state index in [1.807, 2.05) is 0 Å². The second-order valence-electron chi connectivity index (χ2n) is 5.98. The maximum atomic E-state index is 12.5.